The molecular formula is C16H11ClF3N3S. The summed E-state index contributed by atoms with van der Waals surface area (Å²) in [6, 6.07) is 12.1. The number of benzene rings is 2. The van der Waals surface area contributed by atoms with Crippen molar-refractivity contribution in [1.29, 1.82) is 0 Å². The van der Waals surface area contributed by atoms with Gasteiger partial charge in [-0.1, -0.05) is 35.9 Å². The topological polar surface area (TPSA) is 33.6 Å². The molecule has 1 heterocycles. The van der Waals surface area contributed by atoms with Crippen molar-refractivity contribution in [2.75, 3.05) is 0 Å². The second-order valence-corrected chi connectivity index (χ2v) is 5.89. The third kappa shape index (κ3) is 3.52. The number of nitrogens with zero attached hydrogens (tertiary/aromatic N) is 2. The van der Waals surface area contributed by atoms with Crippen LogP contribution in [-0.2, 0) is 12.7 Å². The molecule has 0 saturated heterocycles. The summed E-state index contributed by atoms with van der Waals surface area (Å²) in [5.41, 5.74) is 0.695. The van der Waals surface area contributed by atoms with E-state index in [0.29, 0.717) is 26.7 Å². The Morgan fingerprint density at radius 3 is 2.38 bits per heavy atom. The van der Waals surface area contributed by atoms with Crippen molar-refractivity contribution in [2.45, 2.75) is 12.7 Å². The third-order valence-corrected chi connectivity index (χ3v) is 4.07. The lowest BCUT2D eigenvalue weighted by molar-refractivity contribution is -0.137. The van der Waals surface area contributed by atoms with Crippen LogP contribution in [0.1, 0.15) is 11.1 Å². The zero-order valence-corrected chi connectivity index (χ0v) is 13.7. The summed E-state index contributed by atoms with van der Waals surface area (Å²) < 4.78 is 39.6. The van der Waals surface area contributed by atoms with Gasteiger partial charge in [0, 0.05) is 5.56 Å². The molecule has 0 radical (unpaired) electrons. The van der Waals surface area contributed by atoms with Gasteiger partial charge >= 0.3 is 6.18 Å². The van der Waals surface area contributed by atoms with Crippen LogP contribution in [-0.4, -0.2) is 14.8 Å². The highest BCUT2D eigenvalue weighted by Crippen LogP contribution is 2.29. The lowest BCUT2D eigenvalue weighted by Gasteiger charge is -2.08. The lowest BCUT2D eigenvalue weighted by atomic mass is 10.1. The van der Waals surface area contributed by atoms with Gasteiger partial charge in [0.2, 0.25) is 4.77 Å². The van der Waals surface area contributed by atoms with E-state index < -0.39 is 11.7 Å². The van der Waals surface area contributed by atoms with E-state index in [1.54, 1.807) is 22.9 Å². The molecule has 2 aromatic carbocycles. The molecule has 3 aromatic rings. The van der Waals surface area contributed by atoms with Gasteiger partial charge in [0.15, 0.2) is 5.82 Å². The first-order valence-electron chi connectivity index (χ1n) is 6.92. The first kappa shape index (κ1) is 16.7. The van der Waals surface area contributed by atoms with E-state index in [4.69, 9.17) is 23.8 Å². The quantitative estimate of drug-likeness (QED) is 0.633. The summed E-state index contributed by atoms with van der Waals surface area (Å²) in [4.78, 5) is 4.25. The minimum Gasteiger partial charge on any atom is -0.279 e. The maximum atomic E-state index is 12.6. The standard InChI is InChI=1S/C16H11ClF3N3S/c17-13-4-2-1-3-12(13)14-21-15(24)23(22-14)9-10-5-7-11(8-6-10)16(18,19)20/h1-8H,9H2,(H,21,22,24). The van der Waals surface area contributed by atoms with E-state index in [9.17, 15) is 13.2 Å². The van der Waals surface area contributed by atoms with Crippen molar-refractivity contribution >= 4 is 23.8 Å². The Morgan fingerprint density at radius 1 is 1.08 bits per heavy atom. The van der Waals surface area contributed by atoms with Crippen molar-refractivity contribution in [3.63, 3.8) is 0 Å². The van der Waals surface area contributed by atoms with E-state index in [1.807, 2.05) is 6.07 Å². The van der Waals surface area contributed by atoms with Crippen LogP contribution in [0.25, 0.3) is 11.4 Å². The number of hydrogen-bond acceptors (Lipinski definition) is 2. The maximum Gasteiger partial charge on any atom is 0.416 e. The van der Waals surface area contributed by atoms with Crippen LogP contribution >= 0.6 is 23.8 Å². The van der Waals surface area contributed by atoms with Crippen molar-refractivity contribution in [3.05, 3.63) is 69.5 Å². The predicted molar refractivity (Wildman–Crippen MR) is 88.4 cm³/mol. The van der Waals surface area contributed by atoms with E-state index in [2.05, 4.69) is 10.1 Å². The second-order valence-electron chi connectivity index (χ2n) is 5.12. The molecular weight excluding hydrogens is 359 g/mol. The smallest absolute Gasteiger partial charge is 0.279 e. The number of aromatic nitrogens is 3. The summed E-state index contributed by atoms with van der Waals surface area (Å²) >= 11 is 11.3. The van der Waals surface area contributed by atoms with E-state index in [-0.39, 0.29) is 6.54 Å². The number of hydrogen-bond donors (Lipinski definition) is 1. The average molecular weight is 370 g/mol. The van der Waals surface area contributed by atoms with Crippen LogP contribution in [0.15, 0.2) is 48.5 Å². The number of nitrogens with one attached hydrogen (secondary N) is 1. The average Bonchev–Trinajstić information content (AvgIpc) is 2.88. The first-order chi connectivity index (χ1) is 11.3. The van der Waals surface area contributed by atoms with Crippen LogP contribution in [0, 0.1) is 4.77 Å². The van der Waals surface area contributed by atoms with Gasteiger partial charge in [-0.2, -0.15) is 18.2 Å². The number of alkyl halides is 3. The molecule has 3 nitrogen and oxygen atoms in total. The Bertz CT molecular complexity index is 913. The third-order valence-electron chi connectivity index (χ3n) is 3.43. The van der Waals surface area contributed by atoms with E-state index >= 15 is 0 Å². The van der Waals surface area contributed by atoms with Crippen LogP contribution in [0.5, 0.6) is 0 Å². The van der Waals surface area contributed by atoms with Crippen LogP contribution in [0.2, 0.25) is 5.02 Å². The van der Waals surface area contributed by atoms with E-state index in [0.717, 1.165) is 12.1 Å². The largest absolute Gasteiger partial charge is 0.416 e. The Morgan fingerprint density at radius 2 is 1.75 bits per heavy atom. The predicted octanol–water partition coefficient (Wildman–Crippen LogP) is 5.33. The minimum absolute atomic E-state index is 0.286. The number of rotatable bonds is 3. The highest BCUT2D eigenvalue weighted by atomic mass is 35.5. The summed E-state index contributed by atoms with van der Waals surface area (Å²) in [5.74, 6) is 0.512. The molecule has 0 aliphatic heterocycles. The van der Waals surface area contributed by atoms with Crippen molar-refractivity contribution in [3.8, 4) is 11.4 Å². The van der Waals surface area contributed by atoms with E-state index in [1.165, 1.54) is 12.1 Å². The number of halogens is 4. The van der Waals surface area contributed by atoms with Gasteiger partial charge in [0.05, 0.1) is 17.1 Å². The SMILES string of the molecule is FC(F)(F)c1ccc(Cn2[nH]c(-c3ccccc3Cl)nc2=S)cc1. The lowest BCUT2D eigenvalue weighted by Crippen LogP contribution is -2.06. The molecule has 1 aromatic heterocycles. The highest BCUT2D eigenvalue weighted by molar-refractivity contribution is 7.71. The van der Waals surface area contributed by atoms with Crippen molar-refractivity contribution in [2.24, 2.45) is 0 Å². The Balaban J connectivity index is 1.87. The number of H-pyrrole nitrogens is 1. The van der Waals surface area contributed by atoms with Crippen molar-refractivity contribution in [1.82, 2.24) is 14.8 Å². The summed E-state index contributed by atoms with van der Waals surface area (Å²) in [6.45, 7) is 0.286. The fraction of sp³-hybridized carbons (Fsp3) is 0.125. The molecule has 0 saturated carbocycles. The van der Waals surface area contributed by atoms with Gasteiger partial charge in [-0.3, -0.25) is 9.78 Å². The first-order valence-corrected chi connectivity index (χ1v) is 7.71. The van der Waals surface area contributed by atoms with Gasteiger partial charge < -0.3 is 0 Å². The minimum atomic E-state index is -4.35. The zero-order chi connectivity index (χ0) is 17.3. The van der Waals surface area contributed by atoms with Crippen LogP contribution in [0.3, 0.4) is 0 Å². The fourth-order valence-electron chi connectivity index (χ4n) is 2.22. The molecule has 24 heavy (non-hydrogen) atoms. The molecule has 0 amide bonds. The molecule has 3 rings (SSSR count). The normalized spacial score (nSPS) is 11.7. The monoisotopic (exact) mass is 369 g/mol. The Labute approximate surface area is 145 Å². The summed E-state index contributed by atoms with van der Waals surface area (Å²) in [6.07, 6.45) is -4.35. The maximum absolute atomic E-state index is 12.6. The van der Waals surface area contributed by atoms with Crippen LogP contribution in [0.4, 0.5) is 13.2 Å². The summed E-state index contributed by atoms with van der Waals surface area (Å²) in [5, 5.41) is 3.56. The highest BCUT2D eigenvalue weighted by Gasteiger charge is 2.29. The Kier molecular flexibility index (Phi) is 4.47. The van der Waals surface area contributed by atoms with Crippen molar-refractivity contribution < 1.29 is 13.2 Å². The zero-order valence-electron chi connectivity index (χ0n) is 12.1. The molecule has 0 aliphatic carbocycles. The van der Waals surface area contributed by atoms with Crippen LogP contribution < -0.4 is 0 Å². The fourth-order valence-corrected chi connectivity index (χ4v) is 2.65. The summed E-state index contributed by atoms with van der Waals surface area (Å²) in [7, 11) is 0. The van der Waals surface area contributed by atoms with Gasteiger partial charge in [0.25, 0.3) is 0 Å². The molecule has 1 N–H and O–H groups in total. The molecule has 0 unspecified atom stereocenters. The van der Waals surface area contributed by atoms with Gasteiger partial charge in [-0.05, 0) is 42.0 Å². The molecule has 0 atom stereocenters. The van der Waals surface area contributed by atoms with Gasteiger partial charge in [-0.25, -0.2) is 0 Å². The molecule has 0 bridgehead atoms. The molecule has 0 fully saturated rings. The molecule has 0 aliphatic rings. The second kappa shape index (κ2) is 6.41. The number of aromatic amines is 1. The molecule has 124 valence electrons. The molecule has 0 spiro atoms. The van der Waals surface area contributed by atoms with Gasteiger partial charge in [-0.15, -0.1) is 0 Å². The van der Waals surface area contributed by atoms with Gasteiger partial charge in [0.1, 0.15) is 0 Å². The Hall–Kier alpha value is -2.12. The molecule has 8 heteroatoms.